The van der Waals surface area contributed by atoms with Crippen LogP contribution < -0.4 is 0 Å². The summed E-state index contributed by atoms with van der Waals surface area (Å²) >= 11 is 0. The zero-order valence-electron chi connectivity index (χ0n) is 23.2. The number of aromatic amines is 1. The topological polar surface area (TPSA) is 39.6 Å². The van der Waals surface area contributed by atoms with Crippen LogP contribution in [0.3, 0.4) is 0 Å². The number of nitriles is 1. The van der Waals surface area contributed by atoms with Crippen LogP contribution in [0.5, 0.6) is 0 Å². The molecule has 4 bridgehead atoms. The lowest BCUT2D eigenvalue weighted by Gasteiger charge is -2.43. The molecule has 6 aliphatic rings. The molecule has 0 radical (unpaired) electrons. The van der Waals surface area contributed by atoms with Crippen molar-refractivity contribution in [2.75, 3.05) is 0 Å². The highest BCUT2D eigenvalue weighted by Crippen LogP contribution is 2.60. The summed E-state index contributed by atoms with van der Waals surface area (Å²) in [6, 6.07) is 45.5. The summed E-state index contributed by atoms with van der Waals surface area (Å²) in [5, 5.41) is 13.1. The maximum absolute atomic E-state index is 10.5. The van der Waals surface area contributed by atoms with Gasteiger partial charge in [0.1, 0.15) is 0 Å². The van der Waals surface area contributed by atoms with Gasteiger partial charge in [-0.25, -0.2) is 0 Å². The van der Waals surface area contributed by atoms with Gasteiger partial charge in [-0.1, -0.05) is 97.1 Å². The van der Waals surface area contributed by atoms with Gasteiger partial charge in [0.05, 0.1) is 11.6 Å². The number of fused-ring (bicyclic) bond motifs is 3. The summed E-state index contributed by atoms with van der Waals surface area (Å²) in [5.41, 5.74) is 19.6. The van der Waals surface area contributed by atoms with E-state index in [1.165, 1.54) is 77.5 Å². The molecule has 1 aromatic heterocycles. The third-order valence-electron chi connectivity index (χ3n) is 11.0. The first-order valence-corrected chi connectivity index (χ1v) is 15.2. The highest BCUT2D eigenvalue weighted by Gasteiger charge is 2.45. The average Bonchev–Trinajstić information content (AvgIpc) is 3.43. The zero-order valence-corrected chi connectivity index (χ0v) is 23.2. The van der Waals surface area contributed by atoms with Crippen molar-refractivity contribution in [2.24, 2.45) is 0 Å². The molecular weight excluding hydrogens is 520 g/mol. The minimum absolute atomic E-state index is 0.0730. The van der Waals surface area contributed by atoms with Gasteiger partial charge in [0, 0.05) is 45.5 Å². The largest absolute Gasteiger partial charge is 0.354 e. The molecule has 0 saturated carbocycles. The number of benzene rings is 6. The Hall–Kier alpha value is -5.39. The van der Waals surface area contributed by atoms with Gasteiger partial charge in [-0.15, -0.1) is 0 Å². The summed E-state index contributed by atoms with van der Waals surface area (Å²) in [7, 11) is 0. The van der Waals surface area contributed by atoms with Gasteiger partial charge in [0.2, 0.25) is 0 Å². The quantitative estimate of drug-likeness (QED) is 0.203. The Balaban J connectivity index is 1.26. The van der Waals surface area contributed by atoms with Crippen molar-refractivity contribution < 1.29 is 0 Å². The molecule has 1 heterocycles. The SMILES string of the molecule is N#Cc1cc2[nH]c3cc4c(cc3c2c2c1C1c3ccccc3C2c2ccccc21)C1c2ccccc2C4c2ccccc21. The van der Waals surface area contributed by atoms with Gasteiger partial charge in [0.25, 0.3) is 0 Å². The average molecular weight is 545 g/mol. The Kier molecular flexibility index (Phi) is 3.89. The van der Waals surface area contributed by atoms with Crippen molar-refractivity contribution in [3.63, 3.8) is 0 Å². The maximum atomic E-state index is 10.5. The van der Waals surface area contributed by atoms with Crippen molar-refractivity contribution in [2.45, 2.75) is 23.7 Å². The lowest BCUT2D eigenvalue weighted by atomic mass is 9.59. The van der Waals surface area contributed by atoms with Crippen LogP contribution in [0.1, 0.15) is 96.0 Å². The number of aromatic nitrogens is 1. The molecule has 2 nitrogen and oxygen atoms in total. The summed E-state index contributed by atoms with van der Waals surface area (Å²) < 4.78 is 0. The molecule has 0 aliphatic heterocycles. The fourth-order valence-electron chi connectivity index (χ4n) is 9.51. The first-order valence-electron chi connectivity index (χ1n) is 15.2. The number of hydrogen-bond acceptors (Lipinski definition) is 1. The van der Waals surface area contributed by atoms with Crippen LogP contribution in [0.4, 0.5) is 0 Å². The highest BCUT2D eigenvalue weighted by molar-refractivity contribution is 6.12. The number of nitrogens with one attached hydrogen (secondary N) is 1. The molecule has 0 amide bonds. The van der Waals surface area contributed by atoms with Crippen LogP contribution >= 0.6 is 0 Å². The standard InChI is InChI=1S/C41H24N2/c42-20-21-17-34-40(41-35(21)38-26-13-5-7-15-28(26)39(41)29-16-8-6-14-27(29)38)32-18-30-31(19-33(32)43-34)37-24-11-3-1-9-22(24)36(30)23-10-2-4-12-25(23)37/h1-19,36-39,43H. The van der Waals surface area contributed by atoms with E-state index in [4.69, 9.17) is 0 Å². The van der Waals surface area contributed by atoms with Gasteiger partial charge in [0.15, 0.2) is 0 Å². The number of nitrogens with zero attached hydrogens (tertiary/aromatic N) is 1. The second kappa shape index (κ2) is 7.51. The lowest BCUT2D eigenvalue weighted by molar-refractivity contribution is 0.756. The minimum Gasteiger partial charge on any atom is -0.354 e. The van der Waals surface area contributed by atoms with E-state index in [0.717, 1.165) is 16.6 Å². The first kappa shape index (κ1) is 22.2. The summed E-state index contributed by atoms with van der Waals surface area (Å²) in [4.78, 5) is 3.82. The van der Waals surface area contributed by atoms with Gasteiger partial charge in [-0.2, -0.15) is 5.26 Å². The molecule has 7 aromatic rings. The Morgan fingerprint density at radius 2 is 0.860 bits per heavy atom. The second-order valence-corrected chi connectivity index (χ2v) is 12.7. The van der Waals surface area contributed by atoms with Crippen LogP contribution in [0.2, 0.25) is 0 Å². The van der Waals surface area contributed by atoms with Crippen molar-refractivity contribution in [3.05, 3.63) is 188 Å². The smallest absolute Gasteiger partial charge is 0.0995 e. The number of rotatable bonds is 0. The van der Waals surface area contributed by atoms with E-state index >= 15 is 0 Å². The summed E-state index contributed by atoms with van der Waals surface area (Å²) in [6.07, 6.45) is 0. The first-order chi connectivity index (χ1) is 21.3. The molecule has 0 atom stereocenters. The third-order valence-corrected chi connectivity index (χ3v) is 11.0. The van der Waals surface area contributed by atoms with E-state index in [1.807, 2.05) is 0 Å². The van der Waals surface area contributed by atoms with Crippen LogP contribution in [0.25, 0.3) is 21.8 Å². The lowest BCUT2D eigenvalue weighted by Crippen LogP contribution is -2.28. The van der Waals surface area contributed by atoms with E-state index < -0.39 is 0 Å². The zero-order chi connectivity index (χ0) is 28.0. The Bertz CT molecular complexity index is 2360. The van der Waals surface area contributed by atoms with Crippen molar-refractivity contribution in [1.29, 1.82) is 5.26 Å². The van der Waals surface area contributed by atoms with Crippen LogP contribution in [-0.4, -0.2) is 4.98 Å². The van der Waals surface area contributed by atoms with Gasteiger partial charge in [-0.05, 0) is 85.0 Å². The van der Waals surface area contributed by atoms with Crippen LogP contribution in [0, 0.1) is 11.3 Å². The van der Waals surface area contributed by atoms with Crippen LogP contribution in [0.15, 0.2) is 115 Å². The van der Waals surface area contributed by atoms with Crippen LogP contribution in [-0.2, 0) is 0 Å². The molecule has 0 saturated heterocycles. The Morgan fingerprint density at radius 1 is 0.442 bits per heavy atom. The fraction of sp³-hybridized carbons (Fsp3) is 0.0976. The van der Waals surface area contributed by atoms with Gasteiger partial charge in [-0.3, -0.25) is 0 Å². The predicted octanol–water partition coefficient (Wildman–Crippen LogP) is 9.17. The highest BCUT2D eigenvalue weighted by atomic mass is 14.7. The number of H-pyrrole nitrogens is 1. The number of hydrogen-bond donors (Lipinski definition) is 1. The van der Waals surface area contributed by atoms with Crippen molar-refractivity contribution >= 4 is 21.8 Å². The monoisotopic (exact) mass is 544 g/mol. The molecule has 0 spiro atoms. The molecule has 1 N–H and O–H groups in total. The van der Waals surface area contributed by atoms with Gasteiger partial charge < -0.3 is 4.98 Å². The predicted molar refractivity (Wildman–Crippen MR) is 170 cm³/mol. The molecule has 2 heteroatoms. The fourth-order valence-corrected chi connectivity index (χ4v) is 9.51. The molecule has 198 valence electrons. The second-order valence-electron chi connectivity index (χ2n) is 12.7. The molecule has 0 unspecified atom stereocenters. The molecule has 13 rings (SSSR count). The molecular formula is C41H24N2. The van der Waals surface area contributed by atoms with E-state index in [1.54, 1.807) is 0 Å². The molecule has 0 fully saturated rings. The third kappa shape index (κ3) is 2.49. The van der Waals surface area contributed by atoms with E-state index in [9.17, 15) is 5.26 Å². The Morgan fingerprint density at radius 3 is 1.33 bits per heavy atom. The summed E-state index contributed by atoms with van der Waals surface area (Å²) in [5.74, 6) is 0.648. The van der Waals surface area contributed by atoms with E-state index in [-0.39, 0.29) is 23.7 Å². The van der Waals surface area contributed by atoms with Crippen molar-refractivity contribution in [1.82, 2.24) is 4.98 Å². The molecule has 6 aliphatic carbocycles. The minimum atomic E-state index is 0.0730. The Labute approximate surface area is 248 Å². The summed E-state index contributed by atoms with van der Waals surface area (Å²) in [6.45, 7) is 0. The van der Waals surface area contributed by atoms with Gasteiger partial charge >= 0.3 is 0 Å². The van der Waals surface area contributed by atoms with E-state index in [0.29, 0.717) is 0 Å². The normalized spacial score (nSPS) is 21.0. The van der Waals surface area contributed by atoms with Crippen molar-refractivity contribution in [3.8, 4) is 6.07 Å². The molecule has 6 aromatic carbocycles. The maximum Gasteiger partial charge on any atom is 0.0995 e. The van der Waals surface area contributed by atoms with E-state index in [2.05, 4.69) is 126 Å². The molecule has 43 heavy (non-hydrogen) atoms.